The molecule has 2 aromatic carbocycles. The van der Waals surface area contributed by atoms with Gasteiger partial charge in [0.25, 0.3) is 0 Å². The molecule has 0 saturated heterocycles. The zero-order valence-electron chi connectivity index (χ0n) is 12.5. The van der Waals surface area contributed by atoms with Gasteiger partial charge in [0, 0.05) is 17.3 Å². The first-order valence-corrected chi connectivity index (χ1v) is 7.30. The van der Waals surface area contributed by atoms with E-state index in [1.54, 1.807) is 0 Å². The van der Waals surface area contributed by atoms with Crippen molar-refractivity contribution >= 4 is 16.7 Å². The Hall–Kier alpha value is -2.35. The minimum Gasteiger partial charge on any atom is -0.369 e. The van der Waals surface area contributed by atoms with Gasteiger partial charge in [0.05, 0.1) is 5.52 Å². The first-order chi connectivity index (χ1) is 10.1. The number of hydrogen-bond donors (Lipinski definition) is 1. The second-order valence-corrected chi connectivity index (χ2v) is 5.99. The Morgan fingerprint density at radius 3 is 2.38 bits per heavy atom. The number of hydrogen-bond acceptors (Lipinski definition) is 2. The van der Waals surface area contributed by atoms with Crippen LogP contribution in [0.3, 0.4) is 0 Å². The quantitative estimate of drug-likeness (QED) is 0.752. The Morgan fingerprint density at radius 1 is 0.857 bits per heavy atom. The van der Waals surface area contributed by atoms with E-state index in [1.165, 1.54) is 10.9 Å². The molecule has 0 unspecified atom stereocenters. The molecule has 3 aromatic rings. The Balaban J connectivity index is 1.77. The first kappa shape index (κ1) is 13.6. The second kappa shape index (κ2) is 5.57. The Kier molecular flexibility index (Phi) is 3.61. The number of anilines is 1. The molecule has 0 amide bonds. The fourth-order valence-electron chi connectivity index (χ4n) is 2.47. The van der Waals surface area contributed by atoms with E-state index >= 15 is 0 Å². The van der Waals surface area contributed by atoms with E-state index in [4.69, 9.17) is 0 Å². The first-order valence-electron chi connectivity index (χ1n) is 7.30. The highest BCUT2D eigenvalue weighted by Crippen LogP contribution is 2.23. The van der Waals surface area contributed by atoms with Gasteiger partial charge >= 0.3 is 0 Å². The highest BCUT2D eigenvalue weighted by molar-refractivity contribution is 5.80. The molecule has 2 nitrogen and oxygen atoms in total. The molecule has 3 rings (SSSR count). The van der Waals surface area contributed by atoms with E-state index in [9.17, 15) is 0 Å². The van der Waals surface area contributed by atoms with Crippen molar-refractivity contribution in [3.05, 3.63) is 72.3 Å². The number of aromatic nitrogens is 1. The van der Waals surface area contributed by atoms with Gasteiger partial charge in [0.15, 0.2) is 0 Å². The van der Waals surface area contributed by atoms with Crippen molar-refractivity contribution in [2.45, 2.75) is 19.3 Å². The van der Waals surface area contributed by atoms with E-state index < -0.39 is 0 Å². The topological polar surface area (TPSA) is 24.9 Å². The van der Waals surface area contributed by atoms with Crippen LogP contribution >= 0.6 is 0 Å². The zero-order chi connectivity index (χ0) is 14.7. The third-order valence-electron chi connectivity index (χ3n) is 3.87. The zero-order valence-corrected chi connectivity index (χ0v) is 12.5. The van der Waals surface area contributed by atoms with Crippen LogP contribution in [0, 0.1) is 0 Å². The Labute approximate surface area is 125 Å². The number of pyridine rings is 1. The third-order valence-corrected chi connectivity index (χ3v) is 3.87. The van der Waals surface area contributed by atoms with Crippen molar-refractivity contribution in [2.75, 3.05) is 11.9 Å². The monoisotopic (exact) mass is 276 g/mol. The summed E-state index contributed by atoms with van der Waals surface area (Å²) in [7, 11) is 0. The predicted octanol–water partition coefficient (Wildman–Crippen LogP) is 4.62. The van der Waals surface area contributed by atoms with E-state index in [-0.39, 0.29) is 5.41 Å². The van der Waals surface area contributed by atoms with Crippen LogP contribution in [0.15, 0.2) is 66.7 Å². The van der Waals surface area contributed by atoms with Gasteiger partial charge in [-0.25, -0.2) is 4.98 Å². The van der Waals surface area contributed by atoms with Gasteiger partial charge in [-0.2, -0.15) is 0 Å². The van der Waals surface area contributed by atoms with Crippen LogP contribution in [0.25, 0.3) is 10.9 Å². The molecule has 0 radical (unpaired) electrons. The SMILES string of the molecule is CC(C)(CNc1ccc2ccccc2n1)c1ccccc1. The average molecular weight is 276 g/mol. The summed E-state index contributed by atoms with van der Waals surface area (Å²) in [4.78, 5) is 4.66. The average Bonchev–Trinajstić information content (AvgIpc) is 2.54. The molecule has 1 N–H and O–H groups in total. The summed E-state index contributed by atoms with van der Waals surface area (Å²) < 4.78 is 0. The normalized spacial score (nSPS) is 11.5. The van der Waals surface area contributed by atoms with Crippen LogP contribution in [0.1, 0.15) is 19.4 Å². The van der Waals surface area contributed by atoms with Gasteiger partial charge < -0.3 is 5.32 Å². The summed E-state index contributed by atoms with van der Waals surface area (Å²) in [5, 5.41) is 4.64. The summed E-state index contributed by atoms with van der Waals surface area (Å²) in [5.74, 6) is 0.928. The molecule has 0 saturated carbocycles. The van der Waals surface area contributed by atoms with E-state index in [0.717, 1.165) is 17.9 Å². The molecule has 106 valence electrons. The van der Waals surface area contributed by atoms with Crippen molar-refractivity contribution in [1.82, 2.24) is 4.98 Å². The molecule has 0 atom stereocenters. The molecule has 0 aliphatic rings. The van der Waals surface area contributed by atoms with Crippen LogP contribution in [-0.4, -0.2) is 11.5 Å². The summed E-state index contributed by atoms with van der Waals surface area (Å²) >= 11 is 0. The molecule has 0 bridgehead atoms. The fourth-order valence-corrected chi connectivity index (χ4v) is 2.47. The smallest absolute Gasteiger partial charge is 0.126 e. The molecule has 1 aromatic heterocycles. The van der Waals surface area contributed by atoms with Gasteiger partial charge in [-0.05, 0) is 23.8 Å². The second-order valence-electron chi connectivity index (χ2n) is 5.99. The highest BCUT2D eigenvalue weighted by atomic mass is 15.0. The molecule has 1 heterocycles. The minimum atomic E-state index is 0.0641. The molecule has 0 spiro atoms. The van der Waals surface area contributed by atoms with Crippen molar-refractivity contribution < 1.29 is 0 Å². The van der Waals surface area contributed by atoms with Crippen LogP contribution in [-0.2, 0) is 5.41 Å². The number of fused-ring (bicyclic) bond motifs is 1. The molecule has 0 fully saturated rings. The van der Waals surface area contributed by atoms with E-state index in [0.29, 0.717) is 0 Å². The lowest BCUT2D eigenvalue weighted by Gasteiger charge is -2.26. The standard InChI is InChI=1S/C19H20N2/c1-19(2,16-9-4-3-5-10-16)14-20-18-13-12-15-8-6-7-11-17(15)21-18/h3-13H,14H2,1-2H3,(H,20,21). The molecular formula is C19H20N2. The summed E-state index contributed by atoms with van der Waals surface area (Å²) in [5.41, 5.74) is 2.42. The Morgan fingerprint density at radius 2 is 1.57 bits per heavy atom. The van der Waals surface area contributed by atoms with Crippen LogP contribution in [0.4, 0.5) is 5.82 Å². The highest BCUT2D eigenvalue weighted by Gasteiger charge is 2.20. The number of benzene rings is 2. The van der Waals surface area contributed by atoms with Crippen LogP contribution < -0.4 is 5.32 Å². The van der Waals surface area contributed by atoms with Crippen LogP contribution in [0.5, 0.6) is 0 Å². The molecule has 0 aliphatic carbocycles. The summed E-state index contributed by atoms with van der Waals surface area (Å²) in [6, 6.07) is 22.9. The molecule has 2 heteroatoms. The van der Waals surface area contributed by atoms with Crippen LogP contribution in [0.2, 0.25) is 0 Å². The fraction of sp³-hybridized carbons (Fsp3) is 0.211. The third kappa shape index (κ3) is 3.05. The van der Waals surface area contributed by atoms with E-state index in [1.807, 2.05) is 24.3 Å². The maximum Gasteiger partial charge on any atom is 0.126 e. The lowest BCUT2D eigenvalue weighted by atomic mass is 9.84. The largest absolute Gasteiger partial charge is 0.369 e. The summed E-state index contributed by atoms with van der Waals surface area (Å²) in [6.07, 6.45) is 0. The number of para-hydroxylation sites is 1. The number of nitrogens with one attached hydrogen (secondary N) is 1. The van der Waals surface area contributed by atoms with Gasteiger partial charge in [0.2, 0.25) is 0 Å². The maximum absolute atomic E-state index is 4.66. The lowest BCUT2D eigenvalue weighted by molar-refractivity contribution is 0.556. The molecule has 0 aliphatic heterocycles. The van der Waals surface area contributed by atoms with E-state index in [2.05, 4.69) is 66.6 Å². The van der Waals surface area contributed by atoms with Gasteiger partial charge in [-0.15, -0.1) is 0 Å². The number of nitrogens with zero attached hydrogens (tertiary/aromatic N) is 1. The van der Waals surface area contributed by atoms with Gasteiger partial charge in [-0.3, -0.25) is 0 Å². The van der Waals surface area contributed by atoms with Crippen molar-refractivity contribution in [3.8, 4) is 0 Å². The van der Waals surface area contributed by atoms with Crippen molar-refractivity contribution in [3.63, 3.8) is 0 Å². The Bertz CT molecular complexity index is 733. The van der Waals surface area contributed by atoms with Gasteiger partial charge in [0.1, 0.15) is 5.82 Å². The minimum absolute atomic E-state index is 0.0641. The predicted molar refractivity (Wildman–Crippen MR) is 89.7 cm³/mol. The molecular weight excluding hydrogens is 256 g/mol. The maximum atomic E-state index is 4.66. The lowest BCUT2D eigenvalue weighted by Crippen LogP contribution is -2.27. The van der Waals surface area contributed by atoms with Gasteiger partial charge in [-0.1, -0.05) is 62.4 Å². The summed E-state index contributed by atoms with van der Waals surface area (Å²) in [6.45, 7) is 5.34. The van der Waals surface area contributed by atoms with Crippen molar-refractivity contribution in [1.29, 1.82) is 0 Å². The van der Waals surface area contributed by atoms with Crippen molar-refractivity contribution in [2.24, 2.45) is 0 Å². The number of rotatable bonds is 4. The molecule has 21 heavy (non-hydrogen) atoms.